The molecule has 0 aliphatic heterocycles. The highest BCUT2D eigenvalue weighted by molar-refractivity contribution is 5.40. The van der Waals surface area contributed by atoms with Gasteiger partial charge in [-0.05, 0) is 12.1 Å². The van der Waals surface area contributed by atoms with Crippen molar-refractivity contribution in [3.8, 4) is 0 Å². The third kappa shape index (κ3) is 1.46. The summed E-state index contributed by atoms with van der Waals surface area (Å²) in [4.78, 5) is 16.5. The van der Waals surface area contributed by atoms with Crippen molar-refractivity contribution in [2.24, 2.45) is 0 Å². The number of hydrogen-bond acceptors (Lipinski definition) is 2. The van der Waals surface area contributed by atoms with Crippen molar-refractivity contribution >= 4 is 12.7 Å². The standard InChI is InChI=1S/C9H8N2O2/c1-6-10-8(9(12)11-6)5-7-3-2-4-13-7/h2-5,10H,1H2,(H,11,12)/b8-5-. The smallest absolute Gasteiger partial charge is 0.273 e. The first kappa shape index (κ1) is 7.67. The Balaban J connectivity index is 2.64. The van der Waals surface area contributed by atoms with E-state index in [1.54, 1.807) is 24.5 Å². The lowest BCUT2D eigenvalue weighted by molar-refractivity contribution is 0.556. The largest absolute Gasteiger partial charge is 0.465 e. The van der Waals surface area contributed by atoms with E-state index in [-0.39, 0.29) is 5.56 Å². The first-order valence-corrected chi connectivity index (χ1v) is 3.78. The number of H-pyrrole nitrogens is 2. The van der Waals surface area contributed by atoms with E-state index in [1.807, 2.05) is 0 Å². The zero-order valence-corrected chi connectivity index (χ0v) is 6.83. The number of aromatic amines is 2. The lowest BCUT2D eigenvalue weighted by Gasteiger charge is -1.78. The first-order valence-electron chi connectivity index (χ1n) is 3.78. The Morgan fingerprint density at radius 1 is 1.46 bits per heavy atom. The maximum absolute atomic E-state index is 11.2. The molecule has 0 atom stereocenters. The Kier molecular flexibility index (Phi) is 1.66. The summed E-state index contributed by atoms with van der Waals surface area (Å²) in [6.07, 6.45) is 3.17. The van der Waals surface area contributed by atoms with Crippen LogP contribution in [0.15, 0.2) is 27.6 Å². The predicted molar refractivity (Wildman–Crippen MR) is 48.5 cm³/mol. The summed E-state index contributed by atoms with van der Waals surface area (Å²) in [5.74, 6) is 0.632. The minimum Gasteiger partial charge on any atom is -0.465 e. The van der Waals surface area contributed by atoms with Crippen LogP contribution in [0.3, 0.4) is 0 Å². The van der Waals surface area contributed by atoms with Crippen LogP contribution in [0.1, 0.15) is 5.76 Å². The highest BCUT2D eigenvalue weighted by atomic mass is 16.3. The number of hydrogen-bond donors (Lipinski definition) is 2. The van der Waals surface area contributed by atoms with Crippen molar-refractivity contribution in [2.75, 3.05) is 0 Å². The van der Waals surface area contributed by atoms with Gasteiger partial charge in [0.1, 0.15) is 16.6 Å². The topological polar surface area (TPSA) is 61.8 Å². The summed E-state index contributed by atoms with van der Waals surface area (Å²) in [7, 11) is 0. The average Bonchev–Trinajstić information content (AvgIpc) is 2.63. The zero-order valence-electron chi connectivity index (χ0n) is 6.83. The number of rotatable bonds is 1. The minimum absolute atomic E-state index is 0.193. The van der Waals surface area contributed by atoms with Gasteiger partial charge in [-0.1, -0.05) is 6.58 Å². The van der Waals surface area contributed by atoms with Crippen LogP contribution in [-0.2, 0) is 0 Å². The Bertz CT molecular complexity index is 545. The van der Waals surface area contributed by atoms with E-state index in [0.717, 1.165) is 0 Å². The fourth-order valence-electron chi connectivity index (χ4n) is 1.07. The summed E-state index contributed by atoms with van der Waals surface area (Å²) in [5.41, 5.74) is 0.296. The highest BCUT2D eigenvalue weighted by Crippen LogP contribution is 1.98. The molecule has 2 aromatic heterocycles. The van der Waals surface area contributed by atoms with E-state index in [4.69, 9.17) is 4.42 Å². The maximum Gasteiger partial charge on any atom is 0.273 e. The van der Waals surface area contributed by atoms with Gasteiger partial charge in [0.2, 0.25) is 0 Å². The zero-order chi connectivity index (χ0) is 9.26. The first-order chi connectivity index (χ1) is 6.25. The molecular weight excluding hydrogens is 168 g/mol. The molecule has 66 valence electrons. The molecule has 0 saturated heterocycles. The summed E-state index contributed by atoms with van der Waals surface area (Å²) in [6, 6.07) is 3.52. The predicted octanol–water partition coefficient (Wildman–Crippen LogP) is -0.465. The summed E-state index contributed by atoms with van der Waals surface area (Å²) in [6.45, 7) is 3.57. The molecule has 4 heteroatoms. The van der Waals surface area contributed by atoms with Gasteiger partial charge in [-0.3, -0.25) is 4.79 Å². The van der Waals surface area contributed by atoms with Gasteiger partial charge in [0.05, 0.1) is 6.26 Å². The summed E-state index contributed by atoms with van der Waals surface area (Å²) < 4.78 is 5.05. The normalized spacial score (nSPS) is 12.2. The van der Waals surface area contributed by atoms with E-state index >= 15 is 0 Å². The van der Waals surface area contributed by atoms with Crippen LogP contribution in [0.4, 0.5) is 0 Å². The SMILES string of the molecule is C=c1[nH]c(=O)/c(=C/c2ccco2)[nH]1. The molecule has 0 aliphatic carbocycles. The van der Waals surface area contributed by atoms with Crippen LogP contribution in [-0.4, -0.2) is 9.97 Å². The average molecular weight is 176 g/mol. The number of furan rings is 1. The second kappa shape index (κ2) is 2.82. The molecule has 4 nitrogen and oxygen atoms in total. The minimum atomic E-state index is -0.193. The highest BCUT2D eigenvalue weighted by Gasteiger charge is 1.93. The molecule has 0 saturated carbocycles. The van der Waals surface area contributed by atoms with Crippen molar-refractivity contribution in [1.29, 1.82) is 0 Å². The van der Waals surface area contributed by atoms with Gasteiger partial charge in [-0.15, -0.1) is 0 Å². The molecule has 13 heavy (non-hydrogen) atoms. The number of imidazole rings is 1. The molecule has 0 spiro atoms. The van der Waals surface area contributed by atoms with Crippen molar-refractivity contribution in [3.63, 3.8) is 0 Å². The molecule has 0 aromatic carbocycles. The number of aromatic nitrogens is 2. The van der Waals surface area contributed by atoms with Crippen LogP contribution in [0.2, 0.25) is 0 Å². The Hall–Kier alpha value is -1.97. The van der Waals surface area contributed by atoms with Gasteiger partial charge < -0.3 is 14.4 Å². The van der Waals surface area contributed by atoms with Gasteiger partial charge in [0.15, 0.2) is 0 Å². The van der Waals surface area contributed by atoms with Crippen molar-refractivity contribution in [2.45, 2.75) is 0 Å². The molecule has 0 bridgehead atoms. The molecular formula is C9H8N2O2. The Morgan fingerprint density at radius 3 is 2.85 bits per heavy atom. The van der Waals surface area contributed by atoms with E-state index in [9.17, 15) is 4.79 Å². The van der Waals surface area contributed by atoms with Gasteiger partial charge in [-0.25, -0.2) is 0 Å². The molecule has 2 aromatic rings. The van der Waals surface area contributed by atoms with Gasteiger partial charge in [0.25, 0.3) is 5.56 Å². The summed E-state index contributed by atoms with van der Waals surface area (Å²) >= 11 is 0. The molecule has 2 N–H and O–H groups in total. The lowest BCUT2D eigenvalue weighted by Crippen LogP contribution is -2.22. The maximum atomic E-state index is 11.2. The van der Waals surface area contributed by atoms with Crippen molar-refractivity contribution in [1.82, 2.24) is 9.97 Å². The van der Waals surface area contributed by atoms with E-state index in [1.165, 1.54) is 0 Å². The molecule has 0 unspecified atom stereocenters. The lowest BCUT2D eigenvalue weighted by atomic mass is 10.4. The van der Waals surface area contributed by atoms with E-state index in [0.29, 0.717) is 16.6 Å². The van der Waals surface area contributed by atoms with Crippen LogP contribution in [0.25, 0.3) is 12.7 Å². The third-order valence-corrected chi connectivity index (χ3v) is 1.62. The molecule has 0 aliphatic rings. The van der Waals surface area contributed by atoms with Crippen LogP contribution < -0.4 is 16.4 Å². The molecule has 0 amide bonds. The summed E-state index contributed by atoms with van der Waals surface area (Å²) in [5, 5.41) is 0.444. The van der Waals surface area contributed by atoms with Gasteiger partial charge in [-0.2, -0.15) is 0 Å². The van der Waals surface area contributed by atoms with Crippen LogP contribution >= 0.6 is 0 Å². The molecule has 2 rings (SSSR count). The van der Waals surface area contributed by atoms with Crippen molar-refractivity contribution < 1.29 is 4.42 Å². The monoisotopic (exact) mass is 176 g/mol. The number of nitrogens with one attached hydrogen (secondary N) is 2. The van der Waals surface area contributed by atoms with E-state index < -0.39 is 0 Å². The van der Waals surface area contributed by atoms with Crippen LogP contribution in [0.5, 0.6) is 0 Å². The van der Waals surface area contributed by atoms with E-state index in [2.05, 4.69) is 16.5 Å². The second-order valence-electron chi connectivity index (χ2n) is 2.63. The van der Waals surface area contributed by atoms with Crippen LogP contribution in [0, 0.1) is 0 Å². The molecule has 0 radical (unpaired) electrons. The second-order valence-corrected chi connectivity index (χ2v) is 2.63. The Labute approximate surface area is 73.2 Å². The molecule has 2 heterocycles. The fraction of sp³-hybridized carbons (Fsp3) is 0. The van der Waals surface area contributed by atoms with Crippen molar-refractivity contribution in [3.05, 3.63) is 45.3 Å². The van der Waals surface area contributed by atoms with Gasteiger partial charge in [0, 0.05) is 6.08 Å². The third-order valence-electron chi connectivity index (χ3n) is 1.62. The fourth-order valence-corrected chi connectivity index (χ4v) is 1.07. The quantitative estimate of drug-likeness (QED) is 0.617. The van der Waals surface area contributed by atoms with Gasteiger partial charge >= 0.3 is 0 Å². The molecule has 0 fully saturated rings. The Morgan fingerprint density at radius 2 is 2.31 bits per heavy atom.